The van der Waals surface area contributed by atoms with Gasteiger partial charge in [-0.3, -0.25) is 0 Å². The number of hydrogen-bond acceptors (Lipinski definition) is 4. The Morgan fingerprint density at radius 1 is 1.03 bits per heavy atom. The highest BCUT2D eigenvalue weighted by molar-refractivity contribution is 6.62. The first-order valence-corrected chi connectivity index (χ1v) is 12.1. The van der Waals surface area contributed by atoms with E-state index in [2.05, 4.69) is 65.5 Å². The van der Waals surface area contributed by atoms with Gasteiger partial charge in [-0.25, -0.2) is 4.79 Å². The fourth-order valence-electron chi connectivity index (χ4n) is 4.67. The van der Waals surface area contributed by atoms with E-state index in [0.717, 1.165) is 16.6 Å². The molecule has 2 aromatic carbocycles. The Bertz CT molecular complexity index is 1030. The molecule has 6 heteroatoms. The summed E-state index contributed by atoms with van der Waals surface area (Å²) < 4.78 is 18.5. The Labute approximate surface area is 204 Å². The fraction of sp³-hybridized carbons (Fsp3) is 0.464. The van der Waals surface area contributed by atoms with Crippen molar-refractivity contribution in [3.63, 3.8) is 0 Å². The van der Waals surface area contributed by atoms with Gasteiger partial charge < -0.3 is 18.9 Å². The summed E-state index contributed by atoms with van der Waals surface area (Å²) in [5.74, 6) is 0. The summed E-state index contributed by atoms with van der Waals surface area (Å²) in [5.41, 5.74) is 2.80. The Morgan fingerprint density at radius 2 is 1.62 bits per heavy atom. The fourth-order valence-corrected chi connectivity index (χ4v) is 4.67. The van der Waals surface area contributed by atoms with Crippen LogP contribution in [0.4, 0.5) is 4.79 Å². The van der Waals surface area contributed by atoms with Crippen LogP contribution < -0.4 is 5.46 Å². The van der Waals surface area contributed by atoms with E-state index >= 15 is 0 Å². The van der Waals surface area contributed by atoms with E-state index in [1.165, 1.54) is 5.56 Å². The van der Waals surface area contributed by atoms with Crippen LogP contribution in [0, 0.1) is 6.92 Å². The van der Waals surface area contributed by atoms with Crippen LogP contribution in [0.15, 0.2) is 61.2 Å². The van der Waals surface area contributed by atoms with Crippen molar-refractivity contribution in [2.75, 3.05) is 6.54 Å². The van der Waals surface area contributed by atoms with Crippen molar-refractivity contribution >= 4 is 18.7 Å². The van der Waals surface area contributed by atoms with Gasteiger partial charge in [-0.2, -0.15) is 0 Å². The summed E-state index contributed by atoms with van der Waals surface area (Å²) in [7, 11) is -0.400. The maximum absolute atomic E-state index is 13.2. The van der Waals surface area contributed by atoms with Gasteiger partial charge in [0.25, 0.3) is 0 Å². The van der Waals surface area contributed by atoms with Crippen molar-refractivity contribution in [3.8, 4) is 0 Å². The van der Waals surface area contributed by atoms with E-state index in [-0.39, 0.29) is 23.3 Å². The highest BCUT2D eigenvalue weighted by atomic mass is 16.7. The van der Waals surface area contributed by atoms with Crippen LogP contribution in [-0.4, -0.2) is 35.9 Å². The molecule has 0 bridgehead atoms. The van der Waals surface area contributed by atoms with Crippen molar-refractivity contribution in [1.82, 2.24) is 4.90 Å². The molecule has 0 aliphatic carbocycles. The van der Waals surface area contributed by atoms with Crippen LogP contribution >= 0.6 is 0 Å². The van der Waals surface area contributed by atoms with E-state index in [9.17, 15) is 4.79 Å². The van der Waals surface area contributed by atoms with Gasteiger partial charge in [0.15, 0.2) is 0 Å². The Hall–Kier alpha value is -2.57. The lowest BCUT2D eigenvalue weighted by Gasteiger charge is -2.43. The zero-order valence-corrected chi connectivity index (χ0v) is 21.3. The highest BCUT2D eigenvalue weighted by Crippen LogP contribution is 2.40. The first kappa shape index (κ1) is 24.6. The number of hydrogen-bond donors (Lipinski definition) is 0. The average molecular weight is 461 g/mol. The minimum atomic E-state index is -0.663. The second-order valence-electron chi connectivity index (χ2n) is 10.6. The summed E-state index contributed by atoms with van der Waals surface area (Å²) in [5, 5.41) is 0. The number of benzene rings is 2. The van der Waals surface area contributed by atoms with E-state index in [1.54, 1.807) is 4.90 Å². The molecular formula is C28H36BNO4. The van der Waals surface area contributed by atoms with Gasteiger partial charge in [-0.1, -0.05) is 60.2 Å². The van der Waals surface area contributed by atoms with Crippen molar-refractivity contribution < 1.29 is 18.8 Å². The van der Waals surface area contributed by atoms with Gasteiger partial charge in [0, 0.05) is 19.4 Å². The number of carbonyl (C=O) groups is 1. The van der Waals surface area contributed by atoms with Gasteiger partial charge in [-0.15, -0.1) is 6.58 Å². The Kier molecular flexibility index (Phi) is 6.43. The minimum absolute atomic E-state index is 0.111. The summed E-state index contributed by atoms with van der Waals surface area (Å²) in [6.07, 6.45) is 2.84. The van der Waals surface area contributed by atoms with E-state index < -0.39 is 12.7 Å². The molecule has 0 N–H and O–H groups in total. The molecule has 34 heavy (non-hydrogen) atoms. The zero-order chi connectivity index (χ0) is 24.7. The molecule has 180 valence electrons. The second kappa shape index (κ2) is 8.90. The van der Waals surface area contributed by atoms with Crippen LogP contribution in [0.5, 0.6) is 0 Å². The topological polar surface area (TPSA) is 48.0 Å². The summed E-state index contributed by atoms with van der Waals surface area (Å²) in [4.78, 5) is 15.0. The number of aryl methyl sites for hydroxylation is 1. The molecule has 1 amide bonds. The number of rotatable bonds is 6. The zero-order valence-electron chi connectivity index (χ0n) is 21.3. The molecule has 2 aromatic rings. The van der Waals surface area contributed by atoms with Crippen LogP contribution in [0.3, 0.4) is 0 Å². The highest BCUT2D eigenvalue weighted by Gasteiger charge is 2.51. The predicted molar refractivity (Wildman–Crippen MR) is 136 cm³/mol. The third-order valence-corrected chi connectivity index (χ3v) is 7.74. The summed E-state index contributed by atoms with van der Waals surface area (Å²) in [6, 6.07) is 16.3. The molecule has 4 rings (SSSR count). The smallest absolute Gasteiger partial charge is 0.437 e. The number of nitrogens with zero attached hydrogens (tertiary/aromatic N) is 1. The molecule has 2 fully saturated rings. The number of carbonyl (C=O) groups excluding carboxylic acids is 1. The first-order valence-electron chi connectivity index (χ1n) is 12.1. The van der Waals surface area contributed by atoms with Crippen molar-refractivity contribution in [2.24, 2.45) is 0 Å². The van der Waals surface area contributed by atoms with Crippen molar-refractivity contribution in [2.45, 2.75) is 77.2 Å². The second-order valence-corrected chi connectivity index (χ2v) is 10.6. The third kappa shape index (κ3) is 4.41. The molecule has 0 spiro atoms. The molecule has 2 aliphatic heterocycles. The molecule has 0 aromatic heterocycles. The molecular weight excluding hydrogens is 425 g/mol. The number of amides is 1. The van der Waals surface area contributed by atoms with Crippen molar-refractivity contribution in [3.05, 3.63) is 77.9 Å². The van der Waals surface area contributed by atoms with Gasteiger partial charge >= 0.3 is 13.2 Å². The number of ether oxygens (including phenoxy) is 1. The largest absolute Gasteiger partial charge is 0.494 e. The lowest BCUT2D eigenvalue weighted by molar-refractivity contribution is -0.0588. The monoisotopic (exact) mass is 461 g/mol. The quantitative estimate of drug-likeness (QED) is 0.411. The van der Waals surface area contributed by atoms with Crippen molar-refractivity contribution in [1.29, 1.82) is 0 Å². The normalized spacial score (nSPS) is 24.6. The maximum Gasteiger partial charge on any atom is 0.494 e. The number of cyclic esters (lactones) is 1. The maximum atomic E-state index is 13.2. The Balaban J connectivity index is 1.48. The lowest BCUT2D eigenvalue weighted by Crippen LogP contribution is -2.48. The van der Waals surface area contributed by atoms with Gasteiger partial charge in [-0.05, 0) is 58.1 Å². The standard InChI is InChI=1S/C28H36BNO4/c1-8-17-28(23-13-9-20(2)10-14-23)18-19-30(25(31)32-28)21(3)22-11-15-24(16-12-22)29-33-26(4,5)27(6,7)34-29/h8-16,21H,1,17-19H2,2-7H3/t21-,28+/m0/s1. The molecule has 2 aliphatic rings. The van der Waals surface area contributed by atoms with Crippen LogP contribution in [0.1, 0.15) is 70.2 Å². The molecule has 2 saturated heterocycles. The Morgan fingerprint density at radius 3 is 2.15 bits per heavy atom. The van der Waals surface area contributed by atoms with E-state index in [1.807, 2.05) is 37.3 Å². The SMILES string of the molecule is C=CC[C@]1(c2ccc(C)cc2)CCN([C@@H](C)c2ccc(B3OC(C)(C)C(C)(C)O3)cc2)C(=O)O1. The van der Waals surface area contributed by atoms with Gasteiger partial charge in [0.1, 0.15) is 5.60 Å². The van der Waals surface area contributed by atoms with Crippen LogP contribution in [-0.2, 0) is 19.6 Å². The molecule has 2 heterocycles. The predicted octanol–water partition coefficient (Wildman–Crippen LogP) is 5.67. The van der Waals surface area contributed by atoms with Gasteiger partial charge in [0.05, 0.1) is 17.2 Å². The van der Waals surface area contributed by atoms with E-state index in [0.29, 0.717) is 19.4 Å². The first-order chi connectivity index (χ1) is 16.0. The molecule has 0 radical (unpaired) electrons. The van der Waals surface area contributed by atoms with Crippen LogP contribution in [0.2, 0.25) is 0 Å². The molecule has 0 unspecified atom stereocenters. The molecule has 2 atom stereocenters. The van der Waals surface area contributed by atoms with E-state index in [4.69, 9.17) is 14.0 Å². The van der Waals surface area contributed by atoms with Crippen LogP contribution in [0.25, 0.3) is 0 Å². The average Bonchev–Trinajstić information content (AvgIpc) is 3.01. The third-order valence-electron chi connectivity index (χ3n) is 7.74. The minimum Gasteiger partial charge on any atom is -0.437 e. The van der Waals surface area contributed by atoms with Gasteiger partial charge in [0.2, 0.25) is 0 Å². The summed E-state index contributed by atoms with van der Waals surface area (Å²) in [6.45, 7) is 16.8. The molecule has 0 saturated carbocycles. The summed E-state index contributed by atoms with van der Waals surface area (Å²) >= 11 is 0. The molecule has 5 nitrogen and oxygen atoms in total. The lowest BCUT2D eigenvalue weighted by atomic mass is 9.78.